The molecule has 0 aliphatic rings. The van der Waals surface area contributed by atoms with Crippen molar-refractivity contribution in [2.45, 2.75) is 18.7 Å². The quantitative estimate of drug-likeness (QED) is 0.518. The minimum absolute atomic E-state index is 0.0561. The molecule has 0 aliphatic heterocycles. The van der Waals surface area contributed by atoms with E-state index in [-0.39, 0.29) is 10.5 Å². The van der Waals surface area contributed by atoms with Crippen molar-refractivity contribution in [2.24, 2.45) is 5.84 Å². The molecule has 0 aliphatic carbocycles. The van der Waals surface area contributed by atoms with Crippen LogP contribution in [0.5, 0.6) is 0 Å². The first-order chi connectivity index (χ1) is 7.29. The van der Waals surface area contributed by atoms with Gasteiger partial charge in [0.2, 0.25) is 0 Å². The van der Waals surface area contributed by atoms with Crippen LogP contribution in [0.1, 0.15) is 21.5 Å². The number of carboxylic acid groups (broad SMARTS) is 1. The lowest BCUT2D eigenvalue weighted by molar-refractivity contribution is 0.0696. The van der Waals surface area contributed by atoms with E-state index in [1.165, 1.54) is 6.07 Å². The second-order valence-corrected chi connectivity index (χ2v) is 5.04. The summed E-state index contributed by atoms with van der Waals surface area (Å²) in [5, 5.41) is 8.87. The van der Waals surface area contributed by atoms with Crippen molar-refractivity contribution in [3.63, 3.8) is 0 Å². The van der Waals surface area contributed by atoms with E-state index in [4.69, 9.17) is 10.9 Å². The molecule has 0 bridgehead atoms. The van der Waals surface area contributed by atoms with E-state index in [0.717, 1.165) is 6.07 Å². The highest BCUT2D eigenvalue weighted by atomic mass is 32.2. The Bertz CT molecular complexity index is 537. The Morgan fingerprint density at radius 3 is 2.31 bits per heavy atom. The number of aromatic carboxylic acids is 1. The Labute approximate surface area is 93.1 Å². The molecule has 0 atom stereocenters. The van der Waals surface area contributed by atoms with Gasteiger partial charge in [0, 0.05) is 0 Å². The fourth-order valence-corrected chi connectivity index (χ4v) is 2.30. The highest BCUT2D eigenvalue weighted by Gasteiger charge is 2.19. The maximum atomic E-state index is 11.5. The smallest absolute Gasteiger partial charge is 0.335 e. The van der Waals surface area contributed by atoms with Gasteiger partial charge < -0.3 is 5.11 Å². The molecule has 1 aromatic rings. The molecule has 4 N–H and O–H groups in total. The Balaban J connectivity index is 3.55. The monoisotopic (exact) mass is 244 g/mol. The highest BCUT2D eigenvalue weighted by Crippen LogP contribution is 2.20. The molecular weight excluding hydrogens is 232 g/mol. The van der Waals surface area contributed by atoms with E-state index in [9.17, 15) is 13.2 Å². The first-order valence-electron chi connectivity index (χ1n) is 4.36. The predicted octanol–water partition coefficient (Wildman–Crippen LogP) is 0.154. The summed E-state index contributed by atoms with van der Waals surface area (Å²) in [4.78, 5) is 12.4. The largest absolute Gasteiger partial charge is 0.478 e. The second kappa shape index (κ2) is 4.20. The zero-order chi connectivity index (χ0) is 12.5. The number of nitrogens with two attached hydrogens (primary N) is 1. The standard InChI is InChI=1S/C9H12N2O4S/c1-5-3-6(2)8(16(14,15)11-10)4-7(5)9(12)13/h3-4,11H,10H2,1-2H3,(H,12,13). The van der Waals surface area contributed by atoms with E-state index in [0.29, 0.717) is 11.1 Å². The van der Waals surface area contributed by atoms with E-state index in [1.807, 2.05) is 0 Å². The van der Waals surface area contributed by atoms with Gasteiger partial charge in [-0.15, -0.1) is 0 Å². The van der Waals surface area contributed by atoms with Crippen LogP contribution in [0.2, 0.25) is 0 Å². The van der Waals surface area contributed by atoms with Gasteiger partial charge >= 0.3 is 5.97 Å². The second-order valence-electron chi connectivity index (χ2n) is 3.36. The number of aryl methyl sites for hydroxylation is 2. The Morgan fingerprint density at radius 1 is 1.31 bits per heavy atom. The summed E-state index contributed by atoms with van der Waals surface area (Å²) in [6.45, 7) is 3.17. The minimum atomic E-state index is -3.84. The molecule has 6 nitrogen and oxygen atoms in total. The number of benzene rings is 1. The average molecular weight is 244 g/mol. The van der Waals surface area contributed by atoms with Gasteiger partial charge in [-0.25, -0.2) is 13.2 Å². The lowest BCUT2D eigenvalue weighted by atomic mass is 10.1. The fraction of sp³-hybridized carbons (Fsp3) is 0.222. The van der Waals surface area contributed by atoms with Crippen molar-refractivity contribution in [3.8, 4) is 0 Å². The summed E-state index contributed by atoms with van der Waals surface area (Å²) in [7, 11) is -3.84. The van der Waals surface area contributed by atoms with Crippen LogP contribution in [0.15, 0.2) is 17.0 Å². The summed E-state index contributed by atoms with van der Waals surface area (Å²) >= 11 is 0. The summed E-state index contributed by atoms with van der Waals surface area (Å²) in [6, 6.07) is 2.59. The molecular formula is C9H12N2O4S. The van der Waals surface area contributed by atoms with Crippen LogP contribution in [-0.2, 0) is 10.0 Å². The molecule has 0 heterocycles. The SMILES string of the molecule is Cc1cc(C)c(S(=O)(=O)NN)cc1C(=O)O. The van der Waals surface area contributed by atoms with Crippen molar-refractivity contribution in [3.05, 3.63) is 28.8 Å². The molecule has 0 fully saturated rings. The number of carbonyl (C=O) groups is 1. The van der Waals surface area contributed by atoms with Crippen LogP contribution in [0.4, 0.5) is 0 Å². The van der Waals surface area contributed by atoms with Crippen LogP contribution in [0.3, 0.4) is 0 Å². The van der Waals surface area contributed by atoms with Crippen molar-refractivity contribution in [1.29, 1.82) is 0 Å². The number of sulfonamides is 1. The van der Waals surface area contributed by atoms with Crippen molar-refractivity contribution < 1.29 is 18.3 Å². The summed E-state index contributed by atoms with van der Waals surface area (Å²) in [5.41, 5.74) is 0.890. The molecule has 0 saturated heterocycles. The van der Waals surface area contributed by atoms with Gasteiger partial charge in [-0.3, -0.25) is 5.84 Å². The van der Waals surface area contributed by atoms with Gasteiger partial charge in [0.1, 0.15) is 0 Å². The first-order valence-corrected chi connectivity index (χ1v) is 5.85. The maximum Gasteiger partial charge on any atom is 0.335 e. The minimum Gasteiger partial charge on any atom is -0.478 e. The van der Waals surface area contributed by atoms with E-state index in [2.05, 4.69) is 0 Å². The lowest BCUT2D eigenvalue weighted by Crippen LogP contribution is -2.31. The maximum absolute atomic E-state index is 11.5. The van der Waals surface area contributed by atoms with Crippen molar-refractivity contribution in [1.82, 2.24) is 4.83 Å². The van der Waals surface area contributed by atoms with E-state index in [1.54, 1.807) is 18.7 Å². The molecule has 0 saturated carbocycles. The molecule has 1 aromatic carbocycles. The average Bonchev–Trinajstić information content (AvgIpc) is 2.16. The third-order valence-corrected chi connectivity index (χ3v) is 3.53. The van der Waals surface area contributed by atoms with Crippen LogP contribution in [0, 0.1) is 13.8 Å². The zero-order valence-corrected chi connectivity index (χ0v) is 9.63. The topological polar surface area (TPSA) is 109 Å². The normalized spacial score (nSPS) is 11.4. The Kier molecular flexibility index (Phi) is 3.32. The molecule has 16 heavy (non-hydrogen) atoms. The van der Waals surface area contributed by atoms with Gasteiger partial charge in [0.25, 0.3) is 10.0 Å². The zero-order valence-electron chi connectivity index (χ0n) is 8.81. The van der Waals surface area contributed by atoms with E-state index >= 15 is 0 Å². The van der Waals surface area contributed by atoms with Gasteiger partial charge in [-0.1, -0.05) is 6.07 Å². The summed E-state index contributed by atoms with van der Waals surface area (Å²) < 4.78 is 23.0. The number of hydrogen-bond donors (Lipinski definition) is 3. The van der Waals surface area contributed by atoms with Gasteiger partial charge in [-0.05, 0) is 31.0 Å². The number of rotatable bonds is 3. The molecule has 88 valence electrons. The lowest BCUT2D eigenvalue weighted by Gasteiger charge is -2.09. The summed E-state index contributed by atoms with van der Waals surface area (Å²) in [6.07, 6.45) is 0. The third-order valence-electron chi connectivity index (χ3n) is 2.20. The van der Waals surface area contributed by atoms with E-state index < -0.39 is 16.0 Å². The number of hydrogen-bond acceptors (Lipinski definition) is 4. The summed E-state index contributed by atoms with van der Waals surface area (Å²) in [5.74, 6) is 3.71. The van der Waals surface area contributed by atoms with Crippen molar-refractivity contribution >= 4 is 16.0 Å². The van der Waals surface area contributed by atoms with Gasteiger partial charge in [0.05, 0.1) is 10.5 Å². The predicted molar refractivity (Wildman–Crippen MR) is 57.4 cm³/mol. The highest BCUT2D eigenvalue weighted by molar-refractivity contribution is 7.89. The van der Waals surface area contributed by atoms with Gasteiger partial charge in [-0.2, -0.15) is 4.83 Å². The van der Waals surface area contributed by atoms with Crippen LogP contribution < -0.4 is 10.7 Å². The van der Waals surface area contributed by atoms with Crippen LogP contribution in [0.25, 0.3) is 0 Å². The fourth-order valence-electron chi connectivity index (χ4n) is 1.42. The number of carboxylic acids is 1. The Morgan fingerprint density at radius 2 is 1.88 bits per heavy atom. The van der Waals surface area contributed by atoms with Gasteiger partial charge in [0.15, 0.2) is 0 Å². The molecule has 0 aromatic heterocycles. The van der Waals surface area contributed by atoms with Crippen LogP contribution in [-0.4, -0.2) is 19.5 Å². The molecule has 0 unspecified atom stereocenters. The number of nitrogens with one attached hydrogen (secondary N) is 1. The molecule has 1 rings (SSSR count). The molecule has 0 amide bonds. The molecule has 0 spiro atoms. The Hall–Kier alpha value is -1.44. The molecule has 0 radical (unpaired) electrons. The third kappa shape index (κ3) is 2.21. The van der Waals surface area contributed by atoms with Crippen molar-refractivity contribution in [2.75, 3.05) is 0 Å². The molecule has 7 heteroatoms. The number of hydrazine groups is 1. The van der Waals surface area contributed by atoms with Crippen LogP contribution >= 0.6 is 0 Å². The first kappa shape index (κ1) is 12.6.